The molecule has 0 unspecified atom stereocenters. The van der Waals surface area contributed by atoms with Crippen molar-refractivity contribution >= 4 is 11.8 Å². The molecule has 0 aromatic carbocycles. The Kier molecular flexibility index (Phi) is 3.09. The molecule has 1 heterocycles. The Bertz CT molecular complexity index is 336. The van der Waals surface area contributed by atoms with Gasteiger partial charge in [0.15, 0.2) is 0 Å². The van der Waals surface area contributed by atoms with Crippen LogP contribution in [0.2, 0.25) is 0 Å². The average Bonchev–Trinajstić information content (AvgIpc) is 2.48. The summed E-state index contributed by atoms with van der Waals surface area (Å²) in [5, 5.41) is 6.09. The zero-order valence-electron chi connectivity index (χ0n) is 7.33. The van der Waals surface area contributed by atoms with E-state index in [1.165, 1.54) is 6.20 Å². The van der Waals surface area contributed by atoms with Gasteiger partial charge in [0.05, 0.1) is 6.20 Å². The van der Waals surface area contributed by atoms with Crippen LogP contribution in [0.5, 0.6) is 0 Å². The summed E-state index contributed by atoms with van der Waals surface area (Å²) in [4.78, 5) is 11.1. The smallest absolute Gasteiger partial charge is 0.234 e. The Balaban J connectivity index is 2.46. The quantitative estimate of drug-likeness (QED) is 0.710. The molecule has 4 nitrogen and oxygen atoms in total. The SMILES string of the molecule is C#CCCC(=O)Nc1oncc1C. The Morgan fingerprint density at radius 3 is 3.15 bits per heavy atom. The summed E-state index contributed by atoms with van der Waals surface area (Å²) in [6, 6.07) is 0. The van der Waals surface area contributed by atoms with E-state index < -0.39 is 0 Å². The molecule has 0 saturated carbocycles. The first-order chi connectivity index (χ1) is 6.24. The predicted molar refractivity (Wildman–Crippen MR) is 47.9 cm³/mol. The Hall–Kier alpha value is -1.76. The summed E-state index contributed by atoms with van der Waals surface area (Å²) in [5.41, 5.74) is 0.800. The molecule has 0 bridgehead atoms. The number of carbonyl (C=O) groups excluding carboxylic acids is 1. The van der Waals surface area contributed by atoms with Gasteiger partial charge in [-0.05, 0) is 6.92 Å². The second kappa shape index (κ2) is 4.31. The molecule has 0 spiro atoms. The van der Waals surface area contributed by atoms with E-state index in [2.05, 4.69) is 16.4 Å². The third kappa shape index (κ3) is 2.64. The lowest BCUT2D eigenvalue weighted by molar-refractivity contribution is -0.116. The number of nitrogens with zero attached hydrogens (tertiary/aromatic N) is 1. The molecule has 1 aromatic rings. The van der Waals surface area contributed by atoms with Gasteiger partial charge >= 0.3 is 0 Å². The first-order valence-electron chi connectivity index (χ1n) is 3.88. The van der Waals surface area contributed by atoms with Crippen LogP contribution in [-0.4, -0.2) is 11.1 Å². The van der Waals surface area contributed by atoms with E-state index in [4.69, 9.17) is 10.9 Å². The van der Waals surface area contributed by atoms with Crippen LogP contribution in [0.15, 0.2) is 10.7 Å². The number of hydrogen-bond donors (Lipinski definition) is 1. The first-order valence-corrected chi connectivity index (χ1v) is 3.88. The van der Waals surface area contributed by atoms with Crippen LogP contribution < -0.4 is 5.32 Å². The van der Waals surface area contributed by atoms with E-state index >= 15 is 0 Å². The van der Waals surface area contributed by atoms with Gasteiger partial charge in [0.2, 0.25) is 11.8 Å². The van der Waals surface area contributed by atoms with Gasteiger partial charge in [-0.1, -0.05) is 5.16 Å². The van der Waals surface area contributed by atoms with Crippen molar-refractivity contribution in [3.63, 3.8) is 0 Å². The molecule has 0 aliphatic carbocycles. The predicted octanol–water partition coefficient (Wildman–Crippen LogP) is 1.33. The lowest BCUT2D eigenvalue weighted by Crippen LogP contribution is -2.10. The third-order valence-corrected chi connectivity index (χ3v) is 1.50. The molecule has 1 N–H and O–H groups in total. The summed E-state index contributed by atoms with van der Waals surface area (Å²) in [7, 11) is 0. The zero-order chi connectivity index (χ0) is 9.68. The molecule has 0 saturated heterocycles. The topological polar surface area (TPSA) is 55.1 Å². The normalized spacial score (nSPS) is 9.23. The highest BCUT2D eigenvalue weighted by Crippen LogP contribution is 2.12. The van der Waals surface area contributed by atoms with E-state index in [1.807, 2.05) is 0 Å². The van der Waals surface area contributed by atoms with Gasteiger partial charge in [-0.15, -0.1) is 12.3 Å². The van der Waals surface area contributed by atoms with E-state index in [1.54, 1.807) is 6.92 Å². The number of rotatable bonds is 3. The minimum atomic E-state index is -0.155. The minimum Gasteiger partial charge on any atom is -0.338 e. The fourth-order valence-electron chi connectivity index (χ4n) is 0.785. The number of nitrogens with one attached hydrogen (secondary N) is 1. The minimum absolute atomic E-state index is 0.155. The molecule has 0 radical (unpaired) electrons. The number of terminal acetylenes is 1. The van der Waals surface area contributed by atoms with Crippen molar-refractivity contribution < 1.29 is 9.32 Å². The summed E-state index contributed by atoms with van der Waals surface area (Å²) in [6.07, 6.45) is 7.28. The van der Waals surface area contributed by atoms with Crippen molar-refractivity contribution in [1.29, 1.82) is 0 Å². The van der Waals surface area contributed by atoms with E-state index in [9.17, 15) is 4.79 Å². The molecule has 0 aliphatic heterocycles. The van der Waals surface area contributed by atoms with Crippen LogP contribution >= 0.6 is 0 Å². The van der Waals surface area contributed by atoms with Crippen LogP contribution in [0.1, 0.15) is 18.4 Å². The molecule has 1 rings (SSSR count). The average molecular weight is 178 g/mol. The molecule has 0 fully saturated rings. The van der Waals surface area contributed by atoms with Gasteiger partial charge in [-0.2, -0.15) is 0 Å². The molecule has 0 aliphatic rings. The van der Waals surface area contributed by atoms with Crippen LogP contribution in [0.4, 0.5) is 5.88 Å². The summed E-state index contributed by atoms with van der Waals surface area (Å²) in [5.74, 6) is 2.62. The molecular weight excluding hydrogens is 168 g/mol. The fraction of sp³-hybridized carbons (Fsp3) is 0.333. The monoisotopic (exact) mass is 178 g/mol. The number of carbonyl (C=O) groups is 1. The molecule has 13 heavy (non-hydrogen) atoms. The number of aromatic nitrogens is 1. The van der Waals surface area contributed by atoms with Crippen molar-refractivity contribution in [2.24, 2.45) is 0 Å². The number of aryl methyl sites for hydroxylation is 1. The second-order valence-electron chi connectivity index (χ2n) is 2.59. The molecule has 68 valence electrons. The van der Waals surface area contributed by atoms with Crippen molar-refractivity contribution in [1.82, 2.24) is 5.16 Å². The van der Waals surface area contributed by atoms with Gasteiger partial charge in [-0.3, -0.25) is 10.1 Å². The standard InChI is InChI=1S/C9H10N2O2/c1-3-4-5-8(12)11-9-7(2)6-10-13-9/h1,6H,4-5H2,2H3,(H,11,12). The summed E-state index contributed by atoms with van der Waals surface area (Å²) >= 11 is 0. The van der Waals surface area contributed by atoms with Gasteiger partial charge in [0.25, 0.3) is 0 Å². The molecule has 1 amide bonds. The lowest BCUT2D eigenvalue weighted by Gasteiger charge is -1.98. The van der Waals surface area contributed by atoms with Crippen molar-refractivity contribution in [3.8, 4) is 12.3 Å². The van der Waals surface area contributed by atoms with Crippen LogP contribution in [0.25, 0.3) is 0 Å². The third-order valence-electron chi connectivity index (χ3n) is 1.50. The van der Waals surface area contributed by atoms with Crippen LogP contribution in [0.3, 0.4) is 0 Å². The highest BCUT2D eigenvalue weighted by Gasteiger charge is 2.06. The molecule has 1 aromatic heterocycles. The maximum atomic E-state index is 11.1. The first kappa shape index (κ1) is 9.33. The largest absolute Gasteiger partial charge is 0.338 e. The fourth-order valence-corrected chi connectivity index (χ4v) is 0.785. The zero-order valence-corrected chi connectivity index (χ0v) is 7.33. The van der Waals surface area contributed by atoms with Crippen molar-refractivity contribution in [3.05, 3.63) is 11.8 Å². The summed E-state index contributed by atoms with van der Waals surface area (Å²) < 4.78 is 4.78. The Morgan fingerprint density at radius 1 is 1.85 bits per heavy atom. The molecular formula is C9H10N2O2. The van der Waals surface area contributed by atoms with Gasteiger partial charge < -0.3 is 4.52 Å². The summed E-state index contributed by atoms with van der Waals surface area (Å²) in [6.45, 7) is 1.80. The lowest BCUT2D eigenvalue weighted by atomic mass is 10.3. The Labute approximate surface area is 76.3 Å². The van der Waals surface area contributed by atoms with E-state index in [0.29, 0.717) is 18.7 Å². The Morgan fingerprint density at radius 2 is 2.62 bits per heavy atom. The van der Waals surface area contributed by atoms with Crippen LogP contribution in [0, 0.1) is 19.3 Å². The maximum Gasteiger partial charge on any atom is 0.234 e. The highest BCUT2D eigenvalue weighted by atomic mass is 16.5. The van der Waals surface area contributed by atoms with Gasteiger partial charge in [-0.25, -0.2) is 0 Å². The highest BCUT2D eigenvalue weighted by molar-refractivity contribution is 5.89. The number of anilines is 1. The van der Waals surface area contributed by atoms with Crippen molar-refractivity contribution in [2.45, 2.75) is 19.8 Å². The molecule has 0 atom stereocenters. The van der Waals surface area contributed by atoms with Crippen molar-refractivity contribution in [2.75, 3.05) is 5.32 Å². The number of amides is 1. The second-order valence-corrected chi connectivity index (χ2v) is 2.59. The molecule has 4 heteroatoms. The number of hydrogen-bond acceptors (Lipinski definition) is 3. The van der Waals surface area contributed by atoms with Gasteiger partial charge in [0.1, 0.15) is 0 Å². The van der Waals surface area contributed by atoms with E-state index in [0.717, 1.165) is 5.56 Å². The maximum absolute atomic E-state index is 11.1. The van der Waals surface area contributed by atoms with Gasteiger partial charge in [0, 0.05) is 18.4 Å². The van der Waals surface area contributed by atoms with Crippen LogP contribution in [-0.2, 0) is 4.79 Å². The van der Waals surface area contributed by atoms with E-state index in [-0.39, 0.29) is 5.91 Å².